The highest BCUT2D eigenvalue weighted by molar-refractivity contribution is 7.15. The third-order valence-corrected chi connectivity index (χ3v) is 4.26. The predicted octanol–water partition coefficient (Wildman–Crippen LogP) is 4.22. The zero-order valence-electron chi connectivity index (χ0n) is 10.4. The third kappa shape index (κ3) is 2.58. The number of hydrogen-bond donors (Lipinski definition) is 1. The van der Waals surface area contributed by atoms with Crippen LogP contribution in [0.2, 0.25) is 0 Å². The van der Waals surface area contributed by atoms with Crippen molar-refractivity contribution >= 4 is 11.3 Å². The standard InChI is InChI=1S/C14H11F4NS/c15-9-5-10(16)14(18)12(13(9)17)11-4-3-8(20-11)6-19-7-1-2-7/h3-5,7,19H,1-2,6H2. The molecule has 1 aromatic carbocycles. The van der Waals surface area contributed by atoms with Crippen LogP contribution in [0.15, 0.2) is 18.2 Å². The molecule has 6 heteroatoms. The summed E-state index contributed by atoms with van der Waals surface area (Å²) in [5, 5.41) is 3.26. The summed E-state index contributed by atoms with van der Waals surface area (Å²) >= 11 is 1.13. The van der Waals surface area contributed by atoms with E-state index < -0.39 is 28.8 Å². The minimum atomic E-state index is -1.38. The first-order valence-electron chi connectivity index (χ1n) is 6.21. The summed E-state index contributed by atoms with van der Waals surface area (Å²) < 4.78 is 53.7. The smallest absolute Gasteiger partial charge is 0.170 e. The van der Waals surface area contributed by atoms with Gasteiger partial charge in [-0.25, -0.2) is 17.6 Å². The molecule has 0 radical (unpaired) electrons. The second-order valence-corrected chi connectivity index (χ2v) is 5.93. The largest absolute Gasteiger partial charge is 0.309 e. The van der Waals surface area contributed by atoms with Gasteiger partial charge in [0.25, 0.3) is 0 Å². The maximum Gasteiger partial charge on any atom is 0.170 e. The lowest BCUT2D eigenvalue weighted by molar-refractivity contribution is 0.458. The fraction of sp³-hybridized carbons (Fsp3) is 0.286. The van der Waals surface area contributed by atoms with E-state index in [2.05, 4.69) is 5.32 Å². The maximum atomic E-state index is 13.7. The molecule has 3 rings (SSSR count). The van der Waals surface area contributed by atoms with Crippen molar-refractivity contribution in [2.24, 2.45) is 0 Å². The third-order valence-electron chi connectivity index (χ3n) is 3.16. The van der Waals surface area contributed by atoms with Crippen LogP contribution < -0.4 is 5.32 Å². The molecule has 20 heavy (non-hydrogen) atoms. The van der Waals surface area contributed by atoms with Crippen LogP contribution in [-0.4, -0.2) is 6.04 Å². The van der Waals surface area contributed by atoms with Gasteiger partial charge in [-0.1, -0.05) is 0 Å². The molecule has 1 aliphatic rings. The Labute approximate surface area is 117 Å². The summed E-state index contributed by atoms with van der Waals surface area (Å²) in [5.41, 5.74) is -0.634. The van der Waals surface area contributed by atoms with E-state index >= 15 is 0 Å². The molecule has 1 fully saturated rings. The molecule has 2 aromatic rings. The molecule has 106 valence electrons. The zero-order valence-corrected chi connectivity index (χ0v) is 11.2. The normalized spacial score (nSPS) is 14.8. The molecule has 1 aliphatic carbocycles. The van der Waals surface area contributed by atoms with Crippen LogP contribution in [0.4, 0.5) is 17.6 Å². The second-order valence-electron chi connectivity index (χ2n) is 4.76. The zero-order chi connectivity index (χ0) is 14.3. The van der Waals surface area contributed by atoms with Crippen molar-refractivity contribution in [1.82, 2.24) is 5.32 Å². The Morgan fingerprint density at radius 3 is 2.30 bits per heavy atom. The van der Waals surface area contributed by atoms with Crippen LogP contribution in [0.5, 0.6) is 0 Å². The molecule has 0 saturated heterocycles. The molecular formula is C14H11F4NS. The predicted molar refractivity (Wildman–Crippen MR) is 69.4 cm³/mol. The van der Waals surface area contributed by atoms with Crippen molar-refractivity contribution in [2.75, 3.05) is 0 Å². The molecule has 1 aromatic heterocycles. The Hall–Kier alpha value is -1.40. The average Bonchev–Trinajstić information content (AvgIpc) is 3.13. The number of halogens is 4. The Balaban J connectivity index is 1.92. The molecule has 0 spiro atoms. The lowest BCUT2D eigenvalue weighted by Crippen LogP contribution is -2.14. The van der Waals surface area contributed by atoms with Gasteiger partial charge in [0, 0.05) is 28.4 Å². The van der Waals surface area contributed by atoms with Gasteiger partial charge in [-0.2, -0.15) is 0 Å². The van der Waals surface area contributed by atoms with Crippen molar-refractivity contribution in [1.29, 1.82) is 0 Å². The Bertz CT molecular complexity index is 623. The first-order chi connectivity index (χ1) is 9.56. The van der Waals surface area contributed by atoms with Crippen molar-refractivity contribution in [3.05, 3.63) is 46.3 Å². The summed E-state index contributed by atoms with van der Waals surface area (Å²) in [6, 6.07) is 3.92. The van der Waals surface area contributed by atoms with Crippen LogP contribution in [0.3, 0.4) is 0 Å². The lowest BCUT2D eigenvalue weighted by Gasteiger charge is -2.04. The van der Waals surface area contributed by atoms with Crippen molar-refractivity contribution in [2.45, 2.75) is 25.4 Å². The van der Waals surface area contributed by atoms with Crippen LogP contribution in [0.1, 0.15) is 17.7 Å². The summed E-state index contributed by atoms with van der Waals surface area (Å²) in [6.45, 7) is 0.594. The van der Waals surface area contributed by atoms with Gasteiger partial charge < -0.3 is 5.32 Å². The minimum Gasteiger partial charge on any atom is -0.309 e. The summed E-state index contributed by atoms with van der Waals surface area (Å²) in [7, 11) is 0. The number of nitrogens with one attached hydrogen (secondary N) is 1. The highest BCUT2D eigenvalue weighted by atomic mass is 32.1. The number of thiophene rings is 1. The molecule has 0 bridgehead atoms. The molecule has 0 atom stereocenters. The van der Waals surface area contributed by atoms with E-state index in [1.807, 2.05) is 0 Å². The monoisotopic (exact) mass is 301 g/mol. The Morgan fingerprint density at radius 1 is 1.05 bits per heavy atom. The quantitative estimate of drug-likeness (QED) is 0.658. The second kappa shape index (κ2) is 5.18. The van der Waals surface area contributed by atoms with Crippen LogP contribution >= 0.6 is 11.3 Å². The molecule has 0 aliphatic heterocycles. The van der Waals surface area contributed by atoms with Gasteiger partial charge in [0.2, 0.25) is 0 Å². The van der Waals surface area contributed by atoms with Crippen molar-refractivity contribution in [3.8, 4) is 10.4 Å². The van der Waals surface area contributed by atoms with Crippen molar-refractivity contribution in [3.63, 3.8) is 0 Å². The van der Waals surface area contributed by atoms with E-state index in [1.165, 1.54) is 6.07 Å². The summed E-state index contributed by atoms with van der Waals surface area (Å²) in [6.07, 6.45) is 2.27. The molecule has 0 amide bonds. The molecule has 1 N–H and O–H groups in total. The molecule has 0 unspecified atom stereocenters. The van der Waals surface area contributed by atoms with E-state index in [1.54, 1.807) is 6.07 Å². The van der Waals surface area contributed by atoms with Crippen LogP contribution in [0, 0.1) is 23.3 Å². The van der Waals surface area contributed by atoms with Gasteiger partial charge in [-0.15, -0.1) is 11.3 Å². The van der Waals surface area contributed by atoms with Gasteiger partial charge >= 0.3 is 0 Å². The number of rotatable bonds is 4. The van der Waals surface area contributed by atoms with Gasteiger partial charge in [0.1, 0.15) is 0 Å². The molecule has 1 nitrogen and oxygen atoms in total. The molecular weight excluding hydrogens is 290 g/mol. The van der Waals surface area contributed by atoms with Crippen molar-refractivity contribution < 1.29 is 17.6 Å². The van der Waals surface area contributed by atoms with Gasteiger partial charge in [-0.3, -0.25) is 0 Å². The highest BCUT2D eigenvalue weighted by Gasteiger charge is 2.23. The van der Waals surface area contributed by atoms with E-state index in [0.29, 0.717) is 12.6 Å². The van der Waals surface area contributed by atoms with E-state index in [9.17, 15) is 17.6 Å². The summed E-state index contributed by atoms with van der Waals surface area (Å²) in [5.74, 6) is -5.48. The topological polar surface area (TPSA) is 12.0 Å². The van der Waals surface area contributed by atoms with Gasteiger partial charge in [0.05, 0.1) is 5.56 Å². The fourth-order valence-electron chi connectivity index (χ4n) is 1.93. The minimum absolute atomic E-state index is 0.186. The van der Waals surface area contributed by atoms with E-state index in [0.717, 1.165) is 29.1 Å². The van der Waals surface area contributed by atoms with Gasteiger partial charge in [0.15, 0.2) is 23.3 Å². The van der Waals surface area contributed by atoms with Crippen LogP contribution in [-0.2, 0) is 6.54 Å². The molecule has 1 saturated carbocycles. The highest BCUT2D eigenvalue weighted by Crippen LogP contribution is 2.34. The van der Waals surface area contributed by atoms with E-state index in [-0.39, 0.29) is 10.9 Å². The maximum absolute atomic E-state index is 13.7. The lowest BCUT2D eigenvalue weighted by atomic mass is 10.1. The number of benzene rings is 1. The van der Waals surface area contributed by atoms with Gasteiger partial charge in [-0.05, 0) is 25.0 Å². The Kier molecular flexibility index (Phi) is 3.52. The molecule has 1 heterocycles. The summed E-state index contributed by atoms with van der Waals surface area (Å²) in [4.78, 5) is 1.06. The van der Waals surface area contributed by atoms with E-state index in [4.69, 9.17) is 0 Å². The first kappa shape index (κ1) is 13.6. The average molecular weight is 301 g/mol. The van der Waals surface area contributed by atoms with Crippen LogP contribution in [0.25, 0.3) is 10.4 Å². The number of hydrogen-bond acceptors (Lipinski definition) is 2. The Morgan fingerprint density at radius 2 is 1.70 bits per heavy atom. The SMILES string of the molecule is Fc1cc(F)c(F)c(-c2ccc(CNC3CC3)s2)c1F. The fourth-order valence-corrected chi connectivity index (χ4v) is 2.92. The first-order valence-corrected chi connectivity index (χ1v) is 7.03.